The average Bonchev–Trinajstić information content (AvgIpc) is 2.87. The fraction of sp³-hybridized carbons (Fsp3) is 0.200. The Hall–Kier alpha value is -1.98. The Bertz CT molecular complexity index is 575. The smallest absolute Gasteiger partial charge is 0.203 e. The first-order chi connectivity index (χ1) is 9.78. The van der Waals surface area contributed by atoms with Gasteiger partial charge in [-0.1, -0.05) is 30.3 Å². The molecular weight excluding hydrogens is 270 g/mol. The van der Waals surface area contributed by atoms with Gasteiger partial charge in [0.15, 0.2) is 0 Å². The normalized spacial score (nSPS) is 10.8. The van der Waals surface area contributed by atoms with Crippen molar-refractivity contribution in [2.75, 3.05) is 12.0 Å². The molecule has 5 heteroatoms. The predicted octanol–water partition coefficient (Wildman–Crippen LogP) is 3.60. The molecule has 104 valence electrons. The third kappa shape index (κ3) is 4.60. The summed E-state index contributed by atoms with van der Waals surface area (Å²) in [6, 6.07) is 8.06. The molecule has 0 fully saturated rings. The van der Waals surface area contributed by atoms with Crippen molar-refractivity contribution < 1.29 is 4.74 Å². The molecule has 1 N–H and O–H groups in total. The van der Waals surface area contributed by atoms with E-state index >= 15 is 0 Å². The molecule has 1 heterocycles. The number of thiazole rings is 1. The van der Waals surface area contributed by atoms with E-state index in [1.165, 1.54) is 11.3 Å². The number of anilines is 1. The molecular formula is C15H17N3OS. The van der Waals surface area contributed by atoms with Crippen LogP contribution in [0.2, 0.25) is 0 Å². The van der Waals surface area contributed by atoms with Crippen LogP contribution in [-0.2, 0) is 11.3 Å². The Balaban J connectivity index is 1.85. The Labute approximate surface area is 122 Å². The highest BCUT2D eigenvalue weighted by molar-refractivity contribution is 7.13. The minimum absolute atomic E-state index is 0.570. The quantitative estimate of drug-likeness (QED) is 0.366. The largest absolute Gasteiger partial charge is 0.373 e. The van der Waals surface area contributed by atoms with Gasteiger partial charge in [-0.3, -0.25) is 5.43 Å². The number of ether oxygens (including phenoxy) is 1. The van der Waals surface area contributed by atoms with Crippen molar-refractivity contribution in [2.24, 2.45) is 5.10 Å². The van der Waals surface area contributed by atoms with E-state index in [4.69, 9.17) is 4.74 Å². The molecule has 0 unspecified atom stereocenters. The van der Waals surface area contributed by atoms with E-state index in [9.17, 15) is 0 Å². The van der Waals surface area contributed by atoms with E-state index < -0.39 is 0 Å². The number of nitrogens with zero attached hydrogens (tertiary/aromatic N) is 2. The molecule has 20 heavy (non-hydrogen) atoms. The van der Waals surface area contributed by atoms with Gasteiger partial charge in [0.1, 0.15) is 0 Å². The van der Waals surface area contributed by atoms with Crippen molar-refractivity contribution in [1.82, 2.24) is 4.98 Å². The van der Waals surface area contributed by atoms with Crippen LogP contribution < -0.4 is 5.43 Å². The molecule has 0 spiro atoms. The van der Waals surface area contributed by atoms with Gasteiger partial charge in [-0.2, -0.15) is 5.10 Å². The van der Waals surface area contributed by atoms with E-state index in [2.05, 4.69) is 22.1 Å². The minimum atomic E-state index is 0.570. The van der Waals surface area contributed by atoms with Crippen LogP contribution in [0.15, 0.2) is 47.4 Å². The molecule has 1 aromatic carbocycles. The van der Waals surface area contributed by atoms with Crippen LogP contribution in [0.1, 0.15) is 16.8 Å². The summed E-state index contributed by atoms with van der Waals surface area (Å²) < 4.78 is 5.38. The van der Waals surface area contributed by atoms with E-state index in [0.717, 1.165) is 22.0 Å². The van der Waals surface area contributed by atoms with Crippen molar-refractivity contribution in [3.63, 3.8) is 0 Å². The molecule has 0 atom stereocenters. The summed E-state index contributed by atoms with van der Waals surface area (Å²) in [7, 11) is 0. The van der Waals surface area contributed by atoms with E-state index in [1.54, 1.807) is 12.3 Å². The number of benzene rings is 1. The highest BCUT2D eigenvalue weighted by atomic mass is 32.1. The molecule has 0 saturated heterocycles. The summed E-state index contributed by atoms with van der Waals surface area (Å²) in [5.41, 5.74) is 6.07. The monoisotopic (exact) mass is 287 g/mol. The molecule has 1 aromatic heterocycles. The SMILES string of the molecule is C=CCOCc1ccc(C=NNc2nc(C)cs2)cc1. The maximum Gasteiger partial charge on any atom is 0.203 e. The molecule has 2 rings (SSSR count). The molecule has 2 aromatic rings. The second-order valence-corrected chi connectivity index (χ2v) is 5.07. The zero-order chi connectivity index (χ0) is 14.2. The molecule has 0 saturated carbocycles. The summed E-state index contributed by atoms with van der Waals surface area (Å²) >= 11 is 1.54. The summed E-state index contributed by atoms with van der Waals surface area (Å²) in [6.45, 7) is 6.74. The van der Waals surface area contributed by atoms with Gasteiger partial charge in [-0.15, -0.1) is 17.9 Å². The maximum absolute atomic E-state index is 5.38. The Morgan fingerprint density at radius 3 is 2.85 bits per heavy atom. The zero-order valence-electron chi connectivity index (χ0n) is 11.4. The van der Waals surface area contributed by atoms with Gasteiger partial charge in [0.25, 0.3) is 0 Å². The standard InChI is InChI=1S/C15H17N3OS/c1-3-8-19-10-14-6-4-13(5-7-14)9-16-18-15-17-12(2)11-20-15/h3-7,9,11H,1,8,10H2,2H3,(H,17,18). The lowest BCUT2D eigenvalue weighted by molar-refractivity contribution is 0.149. The third-order valence-corrected chi connectivity index (χ3v) is 3.34. The second kappa shape index (κ2) is 7.57. The number of rotatable bonds is 7. The van der Waals surface area contributed by atoms with Gasteiger partial charge in [-0.05, 0) is 18.1 Å². The van der Waals surface area contributed by atoms with Crippen molar-refractivity contribution in [1.29, 1.82) is 0 Å². The van der Waals surface area contributed by atoms with Crippen LogP contribution in [0.5, 0.6) is 0 Å². The van der Waals surface area contributed by atoms with E-state index in [0.29, 0.717) is 13.2 Å². The first kappa shape index (κ1) is 14.4. The molecule has 0 aliphatic carbocycles. The van der Waals surface area contributed by atoms with Gasteiger partial charge in [-0.25, -0.2) is 4.98 Å². The third-order valence-electron chi connectivity index (χ3n) is 2.48. The summed E-state index contributed by atoms with van der Waals surface area (Å²) in [5.74, 6) is 0. The van der Waals surface area contributed by atoms with Crippen molar-refractivity contribution in [3.8, 4) is 0 Å². The van der Waals surface area contributed by atoms with Gasteiger partial charge in [0, 0.05) is 5.38 Å². The number of nitrogens with one attached hydrogen (secondary N) is 1. The lowest BCUT2D eigenvalue weighted by atomic mass is 10.1. The van der Waals surface area contributed by atoms with Crippen LogP contribution in [0.3, 0.4) is 0 Å². The molecule has 4 nitrogen and oxygen atoms in total. The van der Waals surface area contributed by atoms with E-state index in [1.807, 2.05) is 36.6 Å². The summed E-state index contributed by atoms with van der Waals surface area (Å²) in [6.07, 6.45) is 3.51. The van der Waals surface area contributed by atoms with Crippen LogP contribution in [0.4, 0.5) is 5.13 Å². The van der Waals surface area contributed by atoms with Gasteiger partial charge in [0.05, 0.1) is 25.1 Å². The topological polar surface area (TPSA) is 46.5 Å². The van der Waals surface area contributed by atoms with Gasteiger partial charge < -0.3 is 4.74 Å². The number of hydrazone groups is 1. The second-order valence-electron chi connectivity index (χ2n) is 4.21. The molecule has 0 radical (unpaired) electrons. The van der Waals surface area contributed by atoms with Crippen LogP contribution >= 0.6 is 11.3 Å². The Morgan fingerprint density at radius 2 is 2.20 bits per heavy atom. The highest BCUT2D eigenvalue weighted by Gasteiger charge is 1.95. The fourth-order valence-electron chi connectivity index (χ4n) is 1.53. The number of aromatic nitrogens is 1. The molecule has 0 amide bonds. The van der Waals surface area contributed by atoms with Crippen molar-refractivity contribution in [3.05, 3.63) is 59.1 Å². The molecule has 0 aliphatic rings. The maximum atomic E-state index is 5.38. The average molecular weight is 287 g/mol. The minimum Gasteiger partial charge on any atom is -0.373 e. The molecule has 0 bridgehead atoms. The Morgan fingerprint density at radius 1 is 1.40 bits per heavy atom. The first-order valence-corrected chi connectivity index (χ1v) is 7.14. The predicted molar refractivity (Wildman–Crippen MR) is 84.4 cm³/mol. The van der Waals surface area contributed by atoms with Crippen LogP contribution in [0.25, 0.3) is 0 Å². The molecule has 0 aliphatic heterocycles. The zero-order valence-corrected chi connectivity index (χ0v) is 12.2. The lowest BCUT2D eigenvalue weighted by Gasteiger charge is -2.01. The van der Waals surface area contributed by atoms with Gasteiger partial charge in [0.2, 0.25) is 5.13 Å². The van der Waals surface area contributed by atoms with Crippen molar-refractivity contribution in [2.45, 2.75) is 13.5 Å². The number of hydrogen-bond donors (Lipinski definition) is 1. The van der Waals surface area contributed by atoms with Crippen molar-refractivity contribution >= 4 is 22.7 Å². The van der Waals surface area contributed by atoms with Crippen LogP contribution in [-0.4, -0.2) is 17.8 Å². The summed E-state index contributed by atoms with van der Waals surface area (Å²) in [4.78, 5) is 4.27. The number of aryl methyl sites for hydroxylation is 1. The number of hydrogen-bond acceptors (Lipinski definition) is 5. The lowest BCUT2D eigenvalue weighted by Crippen LogP contribution is -1.93. The van der Waals surface area contributed by atoms with Gasteiger partial charge >= 0.3 is 0 Å². The summed E-state index contributed by atoms with van der Waals surface area (Å²) in [5, 5.41) is 6.94. The van der Waals surface area contributed by atoms with Crippen LogP contribution in [0, 0.1) is 6.92 Å². The highest BCUT2D eigenvalue weighted by Crippen LogP contribution is 2.14. The van der Waals surface area contributed by atoms with E-state index in [-0.39, 0.29) is 0 Å². The Kier molecular flexibility index (Phi) is 5.46. The fourth-order valence-corrected chi connectivity index (χ4v) is 2.16. The first-order valence-electron chi connectivity index (χ1n) is 6.26.